The Morgan fingerprint density at radius 3 is 1.92 bits per heavy atom. The van der Waals surface area contributed by atoms with Crippen molar-refractivity contribution in [2.75, 3.05) is 16.5 Å². The summed E-state index contributed by atoms with van der Waals surface area (Å²) >= 11 is 0. The normalized spacial score (nSPS) is 15.2. The Labute approximate surface area is 433 Å². The molecule has 366 valence electrons. The molecule has 0 saturated carbocycles. The molecule has 3 aliphatic heterocycles. The number of nitrogens with zero attached hydrogens (tertiary/aromatic N) is 5. The number of pyridine rings is 1. The molecule has 0 bridgehead atoms. The molecule has 11 rings (SSSR count). The first-order valence-corrected chi connectivity index (χ1v) is 26.0. The Balaban J connectivity index is 1.05. The molecule has 8 aromatic rings. The van der Waals surface area contributed by atoms with E-state index in [0.717, 1.165) is 50.8 Å². The zero-order valence-electron chi connectivity index (χ0n) is 44.7. The van der Waals surface area contributed by atoms with E-state index in [1.807, 2.05) is 6.20 Å². The number of anilines is 3. The van der Waals surface area contributed by atoms with Crippen LogP contribution in [0.25, 0.3) is 38.7 Å². The predicted molar refractivity (Wildman–Crippen MR) is 309 cm³/mol. The summed E-state index contributed by atoms with van der Waals surface area (Å²) in [6, 6.07) is 53.3. The SMILES string of the molecule is CC(C)(C)c1cc(C2=CN3C=CC=CB3C(c3ccccc3C(C)(C)C)=C2N2CN(c3cccc(Oc4ccc5c6ccccc6n(-c6cc(C(C)(C)C)ccn6)c5c4)c3)c3ccccc32)cc(C(C)(C)C)c1. The molecule has 0 aliphatic carbocycles. The fourth-order valence-corrected chi connectivity index (χ4v) is 10.9. The van der Waals surface area contributed by atoms with Gasteiger partial charge in [-0.3, -0.25) is 4.57 Å². The summed E-state index contributed by atoms with van der Waals surface area (Å²) in [4.78, 5) is 12.4. The summed E-state index contributed by atoms with van der Waals surface area (Å²) < 4.78 is 9.18. The quantitative estimate of drug-likeness (QED) is 0.149. The Hall–Kier alpha value is -7.51. The number of ether oxygens (including phenoxy) is 1. The van der Waals surface area contributed by atoms with Gasteiger partial charge in [-0.25, -0.2) is 4.98 Å². The van der Waals surface area contributed by atoms with E-state index in [1.54, 1.807) is 0 Å². The van der Waals surface area contributed by atoms with E-state index in [0.29, 0.717) is 6.67 Å². The number of allylic oxidation sites excluding steroid dienone is 3. The molecule has 0 atom stereocenters. The van der Waals surface area contributed by atoms with Gasteiger partial charge in [0.15, 0.2) is 0 Å². The molecule has 6 aromatic carbocycles. The van der Waals surface area contributed by atoms with Gasteiger partial charge in [0.2, 0.25) is 0 Å². The van der Waals surface area contributed by atoms with Crippen LogP contribution in [-0.4, -0.2) is 27.9 Å². The van der Waals surface area contributed by atoms with Crippen LogP contribution < -0.4 is 14.5 Å². The van der Waals surface area contributed by atoms with Gasteiger partial charge in [0, 0.05) is 52.3 Å². The fraction of sp³-hybridized carbons (Fsp3) is 0.258. The third-order valence-electron chi connectivity index (χ3n) is 14.9. The monoisotopic (exact) mass is 958 g/mol. The van der Waals surface area contributed by atoms with Crippen LogP contribution in [-0.2, 0) is 21.7 Å². The highest BCUT2D eigenvalue weighted by Gasteiger charge is 2.41. The molecule has 5 heterocycles. The van der Waals surface area contributed by atoms with E-state index in [1.165, 1.54) is 55.5 Å². The average Bonchev–Trinajstić information content (AvgIpc) is 3.91. The Kier molecular flexibility index (Phi) is 11.5. The first-order valence-electron chi connectivity index (χ1n) is 26.0. The minimum Gasteiger partial charge on any atom is -0.457 e. The number of para-hydroxylation sites is 3. The molecule has 2 aromatic heterocycles. The maximum absolute atomic E-state index is 6.90. The molecule has 0 amide bonds. The summed E-state index contributed by atoms with van der Waals surface area (Å²) in [5.41, 5.74) is 16.7. The zero-order valence-corrected chi connectivity index (χ0v) is 44.7. The summed E-state index contributed by atoms with van der Waals surface area (Å²) in [7, 11) is 0. The fourth-order valence-electron chi connectivity index (χ4n) is 10.9. The molecule has 0 spiro atoms. The minimum absolute atomic E-state index is 0.0192. The highest BCUT2D eigenvalue weighted by Crippen LogP contribution is 2.51. The molecule has 73 heavy (non-hydrogen) atoms. The van der Waals surface area contributed by atoms with Crippen molar-refractivity contribution >= 4 is 56.8 Å². The lowest BCUT2D eigenvalue weighted by atomic mass is 9.48. The van der Waals surface area contributed by atoms with Gasteiger partial charge in [0.25, 0.3) is 0 Å². The minimum atomic E-state index is -0.106. The molecule has 3 aliphatic rings. The van der Waals surface area contributed by atoms with Crippen molar-refractivity contribution in [3.63, 3.8) is 0 Å². The van der Waals surface area contributed by atoms with Crippen LogP contribution in [0.1, 0.15) is 116 Å². The van der Waals surface area contributed by atoms with Gasteiger partial charge >= 0.3 is 6.85 Å². The van der Waals surface area contributed by atoms with Crippen LogP contribution in [0, 0.1) is 0 Å². The third kappa shape index (κ3) is 8.77. The average molecular weight is 958 g/mol. The maximum Gasteiger partial charge on any atom is 0.322 e. The molecule has 0 unspecified atom stereocenters. The lowest BCUT2D eigenvalue weighted by Crippen LogP contribution is -2.41. The first-order chi connectivity index (χ1) is 34.7. The Morgan fingerprint density at radius 2 is 1.19 bits per heavy atom. The van der Waals surface area contributed by atoms with Gasteiger partial charge in [-0.2, -0.15) is 0 Å². The molecular weight excluding hydrogens is 890 g/mol. The van der Waals surface area contributed by atoms with Gasteiger partial charge in [0.05, 0.1) is 22.4 Å². The van der Waals surface area contributed by atoms with Gasteiger partial charge in [-0.05, 0) is 127 Å². The van der Waals surface area contributed by atoms with E-state index < -0.39 is 0 Å². The Morgan fingerprint density at radius 1 is 0.534 bits per heavy atom. The topological polar surface area (TPSA) is 36.8 Å². The van der Waals surface area contributed by atoms with Crippen molar-refractivity contribution in [1.29, 1.82) is 0 Å². The van der Waals surface area contributed by atoms with Crippen molar-refractivity contribution in [3.05, 3.63) is 221 Å². The molecule has 0 radical (unpaired) electrons. The maximum atomic E-state index is 6.90. The van der Waals surface area contributed by atoms with E-state index in [2.05, 4.69) is 278 Å². The summed E-state index contributed by atoms with van der Waals surface area (Å²) in [6.07, 6.45) is 11.0. The van der Waals surface area contributed by atoms with Gasteiger partial charge in [-0.1, -0.05) is 174 Å². The van der Waals surface area contributed by atoms with Crippen LogP contribution in [0.3, 0.4) is 0 Å². The van der Waals surface area contributed by atoms with Crippen molar-refractivity contribution in [3.8, 4) is 17.3 Å². The number of hydrogen-bond donors (Lipinski definition) is 0. The standard InChI is InChI=1S/C66H68BN5O/c1-63(2,3)45-32-34-68-60(39-45)72-56-27-16-14-24-51(56)52-31-30-50(41-59(52)72)73-49-23-21-22-48(40-49)70-43-71(58-29-18-17-28-57(58)70)62-54(44-36-46(64(4,5)6)38-47(37-44)65(7,8)9)42-69-35-20-19-33-67(69)61(62)53-25-13-15-26-55(53)66(10,11)12/h13-42H,43H2,1-12H3. The zero-order chi connectivity index (χ0) is 51.2. The van der Waals surface area contributed by atoms with Crippen molar-refractivity contribution in [2.45, 2.75) is 105 Å². The van der Waals surface area contributed by atoms with Crippen molar-refractivity contribution in [1.82, 2.24) is 14.4 Å². The second kappa shape index (κ2) is 17.6. The second-order valence-electron chi connectivity index (χ2n) is 24.3. The highest BCUT2D eigenvalue weighted by atomic mass is 16.5. The predicted octanol–water partition coefficient (Wildman–Crippen LogP) is 17.0. The van der Waals surface area contributed by atoms with E-state index >= 15 is 0 Å². The van der Waals surface area contributed by atoms with Crippen LogP contribution >= 0.6 is 0 Å². The first kappa shape index (κ1) is 47.8. The number of fused-ring (bicyclic) bond motifs is 5. The molecule has 0 fully saturated rings. The van der Waals surface area contributed by atoms with E-state index in [4.69, 9.17) is 9.72 Å². The smallest absolute Gasteiger partial charge is 0.322 e. The van der Waals surface area contributed by atoms with Gasteiger partial charge in [0.1, 0.15) is 24.0 Å². The second-order valence-corrected chi connectivity index (χ2v) is 24.3. The van der Waals surface area contributed by atoms with Crippen molar-refractivity contribution in [2.24, 2.45) is 0 Å². The van der Waals surface area contributed by atoms with Crippen molar-refractivity contribution < 1.29 is 4.74 Å². The van der Waals surface area contributed by atoms with Gasteiger partial charge in [-0.15, -0.1) is 0 Å². The van der Waals surface area contributed by atoms with Crippen LogP contribution in [0.2, 0.25) is 0 Å². The highest BCUT2D eigenvalue weighted by molar-refractivity contribution is 6.82. The number of benzene rings is 6. The summed E-state index contributed by atoms with van der Waals surface area (Å²) in [6.45, 7) is 28.3. The summed E-state index contributed by atoms with van der Waals surface area (Å²) in [5.74, 6) is 4.79. The van der Waals surface area contributed by atoms with Gasteiger partial charge < -0.3 is 19.3 Å². The molecular formula is C66H68BN5O. The lowest BCUT2D eigenvalue weighted by molar-refractivity contribution is 0.483. The van der Waals surface area contributed by atoms with Crippen LogP contribution in [0.15, 0.2) is 188 Å². The van der Waals surface area contributed by atoms with Crippen LogP contribution in [0.5, 0.6) is 11.5 Å². The number of aromatic nitrogens is 2. The Bertz CT molecular complexity index is 3570. The van der Waals surface area contributed by atoms with E-state index in [9.17, 15) is 0 Å². The van der Waals surface area contributed by atoms with Crippen LogP contribution in [0.4, 0.5) is 17.1 Å². The molecule has 6 nitrogen and oxygen atoms in total. The molecule has 0 saturated heterocycles. The number of hydrogen-bond acceptors (Lipinski definition) is 5. The lowest BCUT2D eigenvalue weighted by Gasteiger charge is -2.40. The largest absolute Gasteiger partial charge is 0.457 e. The number of rotatable bonds is 7. The molecule has 0 N–H and O–H groups in total. The molecule has 7 heteroatoms. The summed E-state index contributed by atoms with van der Waals surface area (Å²) in [5, 5.41) is 2.34. The van der Waals surface area contributed by atoms with E-state index in [-0.39, 0.29) is 28.5 Å². The third-order valence-corrected chi connectivity index (χ3v) is 14.9.